The molecular weight excluding hydrogens is 265 g/mol. The number of benzene rings is 1. The molecule has 62 valence electrons. The van der Waals surface area contributed by atoms with Crippen molar-refractivity contribution in [1.29, 1.82) is 0 Å². The first-order valence-corrected chi connectivity index (χ1v) is 10.7. The summed E-state index contributed by atoms with van der Waals surface area (Å²) in [7, 11) is 0. The van der Waals surface area contributed by atoms with E-state index in [4.69, 9.17) is 0 Å². The van der Waals surface area contributed by atoms with Gasteiger partial charge in [0.05, 0.1) is 0 Å². The van der Waals surface area contributed by atoms with Crippen LogP contribution in [0.15, 0.2) is 30.3 Å². The van der Waals surface area contributed by atoms with Crippen molar-refractivity contribution < 1.29 is 16.3 Å². The SMILES string of the molecule is [CH2-]C(C)(C)c1ccccc1.[Zn+][Br]. The van der Waals surface area contributed by atoms with Crippen LogP contribution in [0.5, 0.6) is 0 Å². The average molecular weight is 279 g/mol. The summed E-state index contributed by atoms with van der Waals surface area (Å²) in [6.07, 6.45) is 0. The van der Waals surface area contributed by atoms with E-state index in [9.17, 15) is 0 Å². The predicted octanol–water partition coefficient (Wildman–Crippen LogP) is 3.64. The van der Waals surface area contributed by atoms with Crippen molar-refractivity contribution in [2.24, 2.45) is 0 Å². The molecule has 0 atom stereocenters. The fourth-order valence-electron chi connectivity index (χ4n) is 0.889. The third kappa shape index (κ3) is 4.37. The van der Waals surface area contributed by atoms with Crippen LogP contribution < -0.4 is 0 Å². The minimum atomic E-state index is 0.0429. The van der Waals surface area contributed by atoms with Crippen molar-refractivity contribution in [2.45, 2.75) is 19.3 Å². The van der Waals surface area contributed by atoms with E-state index in [1.807, 2.05) is 18.2 Å². The van der Waals surface area contributed by atoms with Crippen LogP contribution in [-0.4, -0.2) is 0 Å². The zero-order valence-electron chi connectivity index (χ0n) is 7.68. The van der Waals surface area contributed by atoms with Gasteiger partial charge in [-0.05, 0) is 0 Å². The Morgan fingerprint density at radius 1 is 1.17 bits per heavy atom. The summed E-state index contributed by atoms with van der Waals surface area (Å²) in [4.78, 5) is 0. The van der Waals surface area contributed by atoms with Crippen LogP contribution in [0.25, 0.3) is 0 Å². The van der Waals surface area contributed by atoms with Crippen LogP contribution in [0.4, 0.5) is 0 Å². The third-order valence-corrected chi connectivity index (χ3v) is 1.56. The van der Waals surface area contributed by atoms with Crippen LogP contribution in [-0.2, 0) is 21.8 Å². The molecule has 0 aliphatic rings. The molecule has 0 radical (unpaired) electrons. The molecule has 0 aromatic heterocycles. The molecule has 12 heavy (non-hydrogen) atoms. The van der Waals surface area contributed by atoms with Gasteiger partial charge in [0.2, 0.25) is 0 Å². The fraction of sp³-hybridized carbons (Fsp3) is 0.300. The predicted molar refractivity (Wildman–Crippen MR) is 53.8 cm³/mol. The molecule has 0 bridgehead atoms. The standard InChI is InChI=1S/C10H13.BrH.Zn/c1-10(2,3)9-7-5-4-6-8-9;;/h4-8H,1H2,2-3H3;1H;/q-1;;+2/p-1. The van der Waals surface area contributed by atoms with Gasteiger partial charge in [-0.25, -0.2) is 0 Å². The summed E-state index contributed by atoms with van der Waals surface area (Å²) in [6.45, 7) is 8.27. The van der Waals surface area contributed by atoms with Crippen LogP contribution in [0, 0.1) is 6.92 Å². The second kappa shape index (κ2) is 5.88. The Bertz CT molecular complexity index is 201. The first-order valence-electron chi connectivity index (χ1n) is 3.78. The third-order valence-electron chi connectivity index (χ3n) is 1.56. The molecule has 0 amide bonds. The van der Waals surface area contributed by atoms with Gasteiger partial charge >= 0.3 is 30.0 Å². The van der Waals surface area contributed by atoms with Crippen LogP contribution in [0.2, 0.25) is 0 Å². The van der Waals surface area contributed by atoms with Gasteiger partial charge in [-0.15, -0.1) is 5.41 Å². The molecule has 1 aromatic rings. The first-order chi connectivity index (χ1) is 5.61. The zero-order chi connectivity index (χ0) is 9.61. The molecule has 0 heterocycles. The van der Waals surface area contributed by atoms with E-state index in [0.717, 1.165) is 0 Å². The molecule has 0 aliphatic heterocycles. The Balaban J connectivity index is 0.000000561. The van der Waals surface area contributed by atoms with E-state index >= 15 is 0 Å². The van der Waals surface area contributed by atoms with Crippen molar-refractivity contribution in [3.63, 3.8) is 0 Å². The van der Waals surface area contributed by atoms with E-state index < -0.39 is 0 Å². The summed E-state index contributed by atoms with van der Waals surface area (Å²) in [6, 6.07) is 10.3. The Kier molecular flexibility index (Phi) is 6.04. The molecule has 0 fully saturated rings. The summed E-state index contributed by atoms with van der Waals surface area (Å²) in [5.74, 6) is 0. The van der Waals surface area contributed by atoms with Crippen molar-refractivity contribution in [2.75, 3.05) is 0 Å². The van der Waals surface area contributed by atoms with Gasteiger partial charge in [-0.1, -0.05) is 49.7 Å². The summed E-state index contributed by atoms with van der Waals surface area (Å²) >= 11 is 4.25. The molecule has 0 saturated carbocycles. The van der Waals surface area contributed by atoms with Crippen molar-refractivity contribution >= 4 is 13.6 Å². The Labute approximate surface area is 91.8 Å². The molecule has 0 unspecified atom stereocenters. The maximum atomic E-state index is 4.04. The van der Waals surface area contributed by atoms with Crippen LogP contribution >= 0.6 is 13.6 Å². The molecule has 0 saturated heterocycles. The Morgan fingerprint density at radius 2 is 1.58 bits per heavy atom. The fourth-order valence-corrected chi connectivity index (χ4v) is 0.889. The number of hydrogen-bond donors (Lipinski definition) is 0. The number of hydrogen-bond acceptors (Lipinski definition) is 0. The maximum absolute atomic E-state index is 4.04. The summed E-state index contributed by atoms with van der Waals surface area (Å²) < 4.78 is 0. The van der Waals surface area contributed by atoms with Crippen LogP contribution in [0.3, 0.4) is 0 Å². The number of halogens is 1. The zero-order valence-corrected chi connectivity index (χ0v) is 12.2. The topological polar surface area (TPSA) is 0 Å². The summed E-state index contributed by atoms with van der Waals surface area (Å²) in [5.41, 5.74) is 1.33. The van der Waals surface area contributed by atoms with E-state index in [2.05, 4.69) is 46.5 Å². The molecule has 0 N–H and O–H groups in total. The molecule has 2 heteroatoms. The van der Waals surface area contributed by atoms with Gasteiger partial charge in [0.1, 0.15) is 0 Å². The molecule has 1 rings (SSSR count). The second-order valence-electron chi connectivity index (χ2n) is 3.25. The summed E-state index contributed by atoms with van der Waals surface area (Å²) in [5, 5.41) is 0. The molecule has 0 aliphatic carbocycles. The van der Waals surface area contributed by atoms with Gasteiger partial charge in [0.15, 0.2) is 0 Å². The van der Waals surface area contributed by atoms with Crippen LogP contribution in [0.1, 0.15) is 19.4 Å². The average Bonchev–Trinajstić information content (AvgIpc) is 2.08. The van der Waals surface area contributed by atoms with E-state index in [1.54, 1.807) is 0 Å². The monoisotopic (exact) mass is 276 g/mol. The van der Waals surface area contributed by atoms with Crippen molar-refractivity contribution in [3.8, 4) is 0 Å². The Morgan fingerprint density at radius 3 is 1.83 bits per heavy atom. The quantitative estimate of drug-likeness (QED) is 0.543. The van der Waals surface area contributed by atoms with Gasteiger partial charge in [-0.3, -0.25) is 0 Å². The normalized spacial score (nSPS) is 10.2. The first kappa shape index (κ1) is 12.3. The Hall–Kier alpha value is 0.323. The van der Waals surface area contributed by atoms with E-state index in [1.165, 1.54) is 21.9 Å². The van der Waals surface area contributed by atoms with E-state index in [-0.39, 0.29) is 5.41 Å². The number of rotatable bonds is 1. The van der Waals surface area contributed by atoms with Gasteiger partial charge in [-0.2, -0.15) is 0 Å². The van der Waals surface area contributed by atoms with E-state index in [0.29, 0.717) is 0 Å². The van der Waals surface area contributed by atoms with Crippen molar-refractivity contribution in [1.82, 2.24) is 0 Å². The van der Waals surface area contributed by atoms with Gasteiger partial charge < -0.3 is 6.92 Å². The molecular formula is C10H13BrZn. The van der Waals surface area contributed by atoms with Gasteiger partial charge in [0, 0.05) is 0 Å². The molecule has 0 spiro atoms. The molecule has 1 aromatic carbocycles. The molecule has 0 nitrogen and oxygen atoms in total. The van der Waals surface area contributed by atoms with Crippen molar-refractivity contribution in [3.05, 3.63) is 42.8 Å². The second-order valence-corrected chi connectivity index (χ2v) is 3.25. The van der Waals surface area contributed by atoms with Gasteiger partial charge in [0.25, 0.3) is 0 Å². The minimum absolute atomic E-state index is 0.0429.